The molecule has 0 aliphatic rings. The van der Waals surface area contributed by atoms with Gasteiger partial charge in [-0.2, -0.15) is 0 Å². The van der Waals surface area contributed by atoms with Crippen LogP contribution in [0.3, 0.4) is 0 Å². The van der Waals surface area contributed by atoms with Crippen molar-refractivity contribution in [1.82, 2.24) is 0 Å². The van der Waals surface area contributed by atoms with E-state index in [2.05, 4.69) is 0 Å². The van der Waals surface area contributed by atoms with E-state index < -0.39 is 0 Å². The van der Waals surface area contributed by atoms with Crippen molar-refractivity contribution in [2.75, 3.05) is 0 Å². The van der Waals surface area contributed by atoms with Gasteiger partial charge in [0.05, 0.1) is 0 Å². The van der Waals surface area contributed by atoms with Crippen LogP contribution in [0.15, 0.2) is 104 Å². The lowest BCUT2D eigenvalue weighted by Crippen LogP contribution is -2.13. The van der Waals surface area contributed by atoms with Gasteiger partial charge in [-0.25, -0.2) is 0 Å². The summed E-state index contributed by atoms with van der Waals surface area (Å²) in [5.74, 6) is 0. The number of benzene rings is 7. The molecule has 4 nitrogen and oxygen atoms in total. The molecule has 0 radical (unpaired) electrons. The van der Waals surface area contributed by atoms with Gasteiger partial charge in [0, 0.05) is 43.1 Å². The van der Waals surface area contributed by atoms with Crippen LogP contribution in [0.25, 0.3) is 64.6 Å². The SMILES string of the molecule is O=c1c2ccccc2c(=O)c2cc3cc4cc5c(=O)c6ccccc6c(=O)c5cc4cc3cc12. The van der Waals surface area contributed by atoms with Crippen molar-refractivity contribution in [2.24, 2.45) is 0 Å². The molecule has 0 heterocycles. The lowest BCUT2D eigenvalue weighted by molar-refractivity contribution is 1.67. The summed E-state index contributed by atoms with van der Waals surface area (Å²) in [5, 5.41) is 6.36. The Balaban J connectivity index is 1.65. The average molecular weight is 438 g/mol. The Morgan fingerprint density at radius 3 is 0.765 bits per heavy atom. The molecule has 0 saturated heterocycles. The van der Waals surface area contributed by atoms with Gasteiger partial charge in [0.2, 0.25) is 0 Å². The van der Waals surface area contributed by atoms with Crippen molar-refractivity contribution < 1.29 is 0 Å². The Bertz CT molecular complexity index is 1930. The molecule has 4 heteroatoms. The molecule has 158 valence electrons. The zero-order chi connectivity index (χ0) is 23.1. The maximum Gasteiger partial charge on any atom is 0.194 e. The van der Waals surface area contributed by atoms with Crippen LogP contribution in [-0.4, -0.2) is 0 Å². The van der Waals surface area contributed by atoms with Gasteiger partial charge >= 0.3 is 0 Å². The standard InChI is InChI=1S/C30H14O4/c31-27-19-5-1-2-6-20(19)28(32)24-12-16-10-18-14-26-25(13-17(18)9-15(16)11-23(24)27)29(33)21-7-3-4-8-22(21)30(26)34/h1-14H. The van der Waals surface area contributed by atoms with Crippen molar-refractivity contribution in [1.29, 1.82) is 0 Å². The predicted molar refractivity (Wildman–Crippen MR) is 139 cm³/mol. The third kappa shape index (κ3) is 2.37. The second-order valence-electron chi connectivity index (χ2n) is 8.75. The minimum absolute atomic E-state index is 0.171. The van der Waals surface area contributed by atoms with Crippen molar-refractivity contribution in [3.63, 3.8) is 0 Å². The lowest BCUT2D eigenvalue weighted by atomic mass is 9.94. The zero-order valence-corrected chi connectivity index (χ0v) is 17.7. The molecule has 0 aliphatic heterocycles. The van der Waals surface area contributed by atoms with Gasteiger partial charge in [-0.05, 0) is 57.9 Å². The lowest BCUT2D eigenvalue weighted by Gasteiger charge is -2.08. The van der Waals surface area contributed by atoms with Crippen molar-refractivity contribution in [2.45, 2.75) is 0 Å². The van der Waals surface area contributed by atoms with Crippen LogP contribution >= 0.6 is 0 Å². The summed E-state index contributed by atoms with van der Waals surface area (Å²) >= 11 is 0. The third-order valence-corrected chi connectivity index (χ3v) is 6.88. The second-order valence-corrected chi connectivity index (χ2v) is 8.75. The first-order chi connectivity index (χ1) is 16.5. The van der Waals surface area contributed by atoms with Crippen LogP contribution < -0.4 is 21.7 Å². The summed E-state index contributed by atoms with van der Waals surface area (Å²) in [6.45, 7) is 0. The molecule has 0 unspecified atom stereocenters. The molecule has 0 atom stereocenters. The van der Waals surface area contributed by atoms with E-state index in [-0.39, 0.29) is 21.7 Å². The minimum Gasteiger partial charge on any atom is -0.289 e. The topological polar surface area (TPSA) is 68.3 Å². The molecule has 34 heavy (non-hydrogen) atoms. The van der Waals surface area contributed by atoms with Crippen LogP contribution in [0.5, 0.6) is 0 Å². The summed E-state index contributed by atoms with van der Waals surface area (Å²) in [4.78, 5) is 52.5. The Kier molecular flexibility index (Phi) is 3.56. The quantitative estimate of drug-likeness (QED) is 0.315. The average Bonchev–Trinajstić information content (AvgIpc) is 2.87. The van der Waals surface area contributed by atoms with Gasteiger partial charge in [0.25, 0.3) is 0 Å². The number of rotatable bonds is 0. The van der Waals surface area contributed by atoms with E-state index in [9.17, 15) is 19.2 Å². The molecule has 0 saturated carbocycles. The minimum atomic E-state index is -0.171. The molecule has 7 aromatic rings. The van der Waals surface area contributed by atoms with Crippen LogP contribution in [0.2, 0.25) is 0 Å². The maximum atomic E-state index is 13.1. The summed E-state index contributed by atoms with van der Waals surface area (Å²) in [6, 6.07) is 24.5. The molecule has 0 spiro atoms. The Morgan fingerprint density at radius 2 is 0.529 bits per heavy atom. The summed E-state index contributed by atoms with van der Waals surface area (Å²) in [5.41, 5.74) is -0.685. The first kappa shape index (κ1) is 18.8. The van der Waals surface area contributed by atoms with E-state index in [0.29, 0.717) is 43.1 Å². The van der Waals surface area contributed by atoms with Gasteiger partial charge in [-0.3, -0.25) is 19.2 Å². The van der Waals surface area contributed by atoms with E-state index >= 15 is 0 Å². The van der Waals surface area contributed by atoms with E-state index in [1.807, 2.05) is 12.1 Å². The highest BCUT2D eigenvalue weighted by molar-refractivity contribution is 6.11. The fraction of sp³-hybridized carbons (Fsp3) is 0. The monoisotopic (exact) mass is 438 g/mol. The first-order valence-corrected chi connectivity index (χ1v) is 10.9. The smallest absolute Gasteiger partial charge is 0.194 e. The molecular formula is C30H14O4. The molecule has 0 aliphatic carbocycles. The molecule has 0 bridgehead atoms. The summed E-state index contributed by atoms with van der Waals surface area (Å²) in [6.07, 6.45) is 0. The fourth-order valence-electron chi connectivity index (χ4n) is 5.19. The van der Waals surface area contributed by atoms with Crippen molar-refractivity contribution in [3.05, 3.63) is 126 Å². The zero-order valence-electron chi connectivity index (χ0n) is 17.7. The molecule has 0 aromatic heterocycles. The molecule has 7 aromatic carbocycles. The van der Waals surface area contributed by atoms with Crippen LogP contribution in [-0.2, 0) is 0 Å². The van der Waals surface area contributed by atoms with E-state index in [1.165, 1.54) is 0 Å². The highest BCUT2D eigenvalue weighted by Crippen LogP contribution is 2.28. The van der Waals surface area contributed by atoms with Gasteiger partial charge in [0.15, 0.2) is 21.7 Å². The van der Waals surface area contributed by atoms with Crippen LogP contribution in [0.1, 0.15) is 0 Å². The molecule has 0 amide bonds. The van der Waals surface area contributed by atoms with E-state index in [0.717, 1.165) is 21.5 Å². The molecule has 7 rings (SSSR count). The maximum absolute atomic E-state index is 13.1. The second kappa shape index (κ2) is 6.42. The Labute approximate surface area is 190 Å². The largest absolute Gasteiger partial charge is 0.289 e. The van der Waals surface area contributed by atoms with Gasteiger partial charge in [0.1, 0.15) is 0 Å². The number of hydrogen-bond donors (Lipinski definition) is 0. The number of hydrogen-bond acceptors (Lipinski definition) is 4. The molecular weight excluding hydrogens is 424 g/mol. The molecule has 0 N–H and O–H groups in total. The summed E-state index contributed by atoms with van der Waals surface area (Å²) in [7, 11) is 0. The van der Waals surface area contributed by atoms with E-state index in [1.54, 1.807) is 72.8 Å². The van der Waals surface area contributed by atoms with E-state index in [4.69, 9.17) is 0 Å². The van der Waals surface area contributed by atoms with Crippen molar-refractivity contribution in [3.8, 4) is 0 Å². The molecule has 0 fully saturated rings. The fourth-order valence-corrected chi connectivity index (χ4v) is 5.19. The van der Waals surface area contributed by atoms with Gasteiger partial charge in [-0.15, -0.1) is 0 Å². The van der Waals surface area contributed by atoms with Gasteiger partial charge < -0.3 is 0 Å². The third-order valence-electron chi connectivity index (χ3n) is 6.88. The van der Waals surface area contributed by atoms with Crippen LogP contribution in [0.4, 0.5) is 0 Å². The highest BCUT2D eigenvalue weighted by atomic mass is 16.1. The summed E-state index contributed by atoms with van der Waals surface area (Å²) < 4.78 is 0. The first-order valence-electron chi connectivity index (χ1n) is 10.9. The number of fused-ring (bicyclic) bond motifs is 6. The Hall–Kier alpha value is -4.70. The predicted octanol–water partition coefficient (Wildman–Crippen LogP) is 4.92. The van der Waals surface area contributed by atoms with Gasteiger partial charge in [-0.1, -0.05) is 48.5 Å². The normalized spacial score (nSPS) is 12.0. The van der Waals surface area contributed by atoms with Crippen LogP contribution in [0, 0.1) is 0 Å². The Morgan fingerprint density at radius 1 is 0.294 bits per heavy atom. The van der Waals surface area contributed by atoms with Crippen molar-refractivity contribution >= 4 is 64.6 Å². The highest BCUT2D eigenvalue weighted by Gasteiger charge is 2.14.